The Labute approximate surface area is 321 Å². The van der Waals surface area contributed by atoms with Gasteiger partial charge in [-0.05, 0) is 52.0 Å². The molecule has 0 radical (unpaired) electrons. The van der Waals surface area contributed by atoms with Gasteiger partial charge in [-0.2, -0.15) is 0 Å². The first-order valence-electron chi connectivity index (χ1n) is 20.7. The number of allylic oxidation sites excluding steroid dienone is 2. The van der Waals surface area contributed by atoms with Gasteiger partial charge in [-0.15, -0.1) is 5.10 Å². The lowest BCUT2D eigenvalue weighted by Crippen LogP contribution is -2.15. The molecule has 0 fully saturated rings. The van der Waals surface area contributed by atoms with E-state index in [4.69, 9.17) is 23.3 Å². The number of hydrogen-bond acceptors (Lipinski definition) is 9. The van der Waals surface area contributed by atoms with Gasteiger partial charge in [0.2, 0.25) is 6.79 Å². The number of aryl methyl sites for hydroxylation is 1. The topological polar surface area (TPSA) is 111 Å². The van der Waals surface area contributed by atoms with Crippen LogP contribution < -0.4 is 0 Å². The number of nitrogens with zero attached hydrogens (tertiary/aromatic N) is 3. The minimum Gasteiger partial charge on any atom is -0.432 e. The Morgan fingerprint density at radius 2 is 1.36 bits per heavy atom. The monoisotopic (exact) mass is 762 g/mol. The van der Waals surface area contributed by atoms with Crippen molar-refractivity contribution in [3.63, 3.8) is 0 Å². The molecule has 2 aromatic rings. The molecule has 302 valence electrons. The van der Waals surface area contributed by atoms with Crippen molar-refractivity contribution in [3.8, 4) is 11.3 Å². The molecule has 0 N–H and O–H groups in total. The molecule has 1 aromatic carbocycles. The van der Waals surface area contributed by atoms with Crippen molar-refractivity contribution in [2.45, 2.75) is 169 Å². The van der Waals surface area contributed by atoms with Crippen LogP contribution >= 0.6 is 7.60 Å². The second-order valence-electron chi connectivity index (χ2n) is 14.5. The number of carbonyl (C=O) groups excluding carboxylic acids is 1. The van der Waals surface area contributed by atoms with Gasteiger partial charge in [0.1, 0.15) is 5.69 Å². The van der Waals surface area contributed by atoms with Gasteiger partial charge in [-0.25, -0.2) is 9.48 Å². The predicted octanol–water partition coefficient (Wildman–Crippen LogP) is 12.3. The van der Waals surface area contributed by atoms with E-state index < -0.39 is 20.5 Å². The summed E-state index contributed by atoms with van der Waals surface area (Å²) < 4.78 is 42.4. The summed E-state index contributed by atoms with van der Waals surface area (Å²) in [5.41, 5.74) is 4.06. The first-order chi connectivity index (χ1) is 25.7. The number of benzene rings is 1. The smallest absolute Gasteiger partial charge is 0.432 e. The molecule has 53 heavy (non-hydrogen) atoms. The summed E-state index contributed by atoms with van der Waals surface area (Å²) in [6.07, 6.45) is 26.4. The molecule has 0 aliphatic rings. The van der Waals surface area contributed by atoms with Crippen LogP contribution in [0.3, 0.4) is 0 Å². The number of carbonyl (C=O) groups is 1. The summed E-state index contributed by atoms with van der Waals surface area (Å²) in [6, 6.07) is 8.50. The Morgan fingerprint density at radius 1 is 0.774 bits per heavy atom. The first kappa shape index (κ1) is 46.6. The van der Waals surface area contributed by atoms with E-state index in [9.17, 15) is 9.36 Å². The minimum atomic E-state index is -3.63. The maximum atomic E-state index is 13.7. The van der Waals surface area contributed by atoms with E-state index in [-0.39, 0.29) is 18.9 Å². The van der Waals surface area contributed by atoms with E-state index in [1.54, 1.807) is 18.5 Å². The van der Waals surface area contributed by atoms with E-state index >= 15 is 0 Å². The van der Waals surface area contributed by atoms with Crippen LogP contribution in [0.25, 0.3) is 11.3 Å². The second kappa shape index (κ2) is 29.8. The van der Waals surface area contributed by atoms with Crippen molar-refractivity contribution in [2.75, 3.05) is 32.8 Å². The van der Waals surface area contributed by atoms with Crippen LogP contribution in [0.2, 0.25) is 0 Å². The van der Waals surface area contributed by atoms with Crippen LogP contribution in [0.4, 0.5) is 4.79 Å². The second-order valence-corrected chi connectivity index (χ2v) is 16.6. The summed E-state index contributed by atoms with van der Waals surface area (Å²) in [5, 5.41) is 8.65. The zero-order valence-corrected chi connectivity index (χ0v) is 34.8. The molecule has 0 spiro atoms. The average Bonchev–Trinajstić information content (AvgIpc) is 3.60. The van der Waals surface area contributed by atoms with Crippen molar-refractivity contribution in [3.05, 3.63) is 47.7 Å². The molecule has 1 heterocycles. The van der Waals surface area contributed by atoms with Crippen LogP contribution in [0.15, 0.2) is 42.1 Å². The fourth-order valence-electron chi connectivity index (χ4n) is 5.91. The molecular formula is C42H72N3O7P. The van der Waals surface area contributed by atoms with Gasteiger partial charge >= 0.3 is 13.8 Å². The molecule has 0 amide bonds. The van der Waals surface area contributed by atoms with Crippen molar-refractivity contribution >= 4 is 13.8 Å². The number of aromatic nitrogens is 3. The van der Waals surface area contributed by atoms with Gasteiger partial charge < -0.3 is 18.7 Å². The molecule has 0 bridgehead atoms. The van der Waals surface area contributed by atoms with E-state index in [0.29, 0.717) is 26.2 Å². The van der Waals surface area contributed by atoms with Gasteiger partial charge in [0.15, 0.2) is 0 Å². The Morgan fingerprint density at radius 3 is 1.98 bits per heavy atom. The third-order valence-corrected chi connectivity index (χ3v) is 10.8. The number of hydrogen-bond donors (Lipinski definition) is 0. The molecule has 2 rings (SSSR count). The van der Waals surface area contributed by atoms with E-state index in [1.807, 2.05) is 19.2 Å². The van der Waals surface area contributed by atoms with E-state index in [0.717, 1.165) is 29.7 Å². The molecule has 1 aromatic heterocycles. The fraction of sp³-hybridized carbons (Fsp3) is 0.738. The van der Waals surface area contributed by atoms with Crippen molar-refractivity contribution in [1.29, 1.82) is 0 Å². The highest BCUT2D eigenvalue weighted by Crippen LogP contribution is 2.48. The van der Waals surface area contributed by atoms with Crippen LogP contribution in [-0.4, -0.2) is 60.0 Å². The largest absolute Gasteiger partial charge is 0.510 e. The van der Waals surface area contributed by atoms with Gasteiger partial charge in [-0.3, -0.25) is 9.09 Å². The molecule has 0 saturated carbocycles. The molecule has 1 atom stereocenters. The van der Waals surface area contributed by atoms with Gasteiger partial charge in [-0.1, -0.05) is 151 Å². The van der Waals surface area contributed by atoms with Crippen LogP contribution in [-0.2, 0) is 40.8 Å². The van der Waals surface area contributed by atoms with Crippen molar-refractivity contribution < 1.29 is 32.6 Å². The maximum Gasteiger partial charge on any atom is 0.510 e. The fourth-order valence-corrected chi connectivity index (χ4v) is 7.35. The van der Waals surface area contributed by atoms with E-state index in [1.165, 1.54) is 108 Å². The van der Waals surface area contributed by atoms with Crippen LogP contribution in [0, 0.1) is 0 Å². The lowest BCUT2D eigenvalue weighted by molar-refractivity contribution is -0.0130. The minimum absolute atomic E-state index is 0.0162. The SMILES string of the molecule is CCCCCCCCCCCCCCCCOCCCOP(=O)(C/C=C(\C)Cn1cc(-c2ccc(CCCCC)cc2)nn1)OCOC(=O)OC(C)C. The first-order valence-corrected chi connectivity index (χ1v) is 22.4. The summed E-state index contributed by atoms with van der Waals surface area (Å²) in [5.74, 6) is 0. The Kier molecular flexibility index (Phi) is 26.2. The third-order valence-electron chi connectivity index (χ3n) is 9.05. The van der Waals surface area contributed by atoms with Gasteiger partial charge in [0.05, 0.1) is 31.6 Å². The summed E-state index contributed by atoms with van der Waals surface area (Å²) in [4.78, 5) is 11.8. The zero-order valence-electron chi connectivity index (χ0n) is 33.9. The lowest BCUT2D eigenvalue weighted by atomic mass is 10.0. The maximum absolute atomic E-state index is 13.7. The Balaban J connectivity index is 1.70. The van der Waals surface area contributed by atoms with Crippen molar-refractivity contribution in [1.82, 2.24) is 15.0 Å². The third kappa shape index (κ3) is 23.8. The quantitative estimate of drug-likeness (QED) is 0.0231. The van der Waals surface area contributed by atoms with Gasteiger partial charge in [0, 0.05) is 18.8 Å². The van der Waals surface area contributed by atoms with Crippen LogP contribution in [0.5, 0.6) is 0 Å². The highest BCUT2D eigenvalue weighted by molar-refractivity contribution is 7.54. The molecule has 0 aliphatic carbocycles. The lowest BCUT2D eigenvalue weighted by Gasteiger charge is -2.18. The van der Waals surface area contributed by atoms with E-state index in [2.05, 4.69) is 48.4 Å². The summed E-state index contributed by atoms with van der Waals surface area (Å²) in [6.45, 7) is 11.2. The molecule has 0 saturated heterocycles. The standard InChI is InChI=1S/C42H72N3O7P/c1-6-8-10-11-12-13-14-15-16-17-18-19-20-22-30-48-31-23-32-50-53(47,51-36-49-42(46)52-37(3)4)33-29-38(5)34-45-35-41(43-44-45)40-27-25-39(26-28-40)24-21-9-7-2/h25-29,35,37H,6-24,30-34,36H2,1-5H3/b38-29+. The normalized spacial score (nSPS) is 13.1. The van der Waals surface area contributed by atoms with Crippen molar-refractivity contribution in [2.24, 2.45) is 0 Å². The van der Waals surface area contributed by atoms with Crippen LogP contribution in [0.1, 0.15) is 156 Å². The average molecular weight is 762 g/mol. The Bertz CT molecular complexity index is 1280. The summed E-state index contributed by atoms with van der Waals surface area (Å²) in [7, 11) is -3.63. The number of unbranched alkanes of at least 4 members (excludes halogenated alkanes) is 15. The van der Waals surface area contributed by atoms with Gasteiger partial charge in [0.25, 0.3) is 0 Å². The molecule has 10 nitrogen and oxygen atoms in total. The predicted molar refractivity (Wildman–Crippen MR) is 215 cm³/mol. The molecule has 11 heteroatoms. The zero-order chi connectivity index (χ0) is 38.4. The molecule has 0 aliphatic heterocycles. The Hall–Kier alpha value is -2.52. The number of rotatable bonds is 33. The molecular weight excluding hydrogens is 689 g/mol. The number of ether oxygens (including phenoxy) is 3. The summed E-state index contributed by atoms with van der Waals surface area (Å²) >= 11 is 0. The highest BCUT2D eigenvalue weighted by Gasteiger charge is 2.25. The highest BCUT2D eigenvalue weighted by atomic mass is 31.2. The molecule has 1 unspecified atom stereocenters.